The number of aromatic nitrogens is 1. The lowest BCUT2D eigenvalue weighted by Gasteiger charge is -2.26. The van der Waals surface area contributed by atoms with Crippen LogP contribution in [0.25, 0.3) is 0 Å². The lowest BCUT2D eigenvalue weighted by molar-refractivity contribution is -0.139. The van der Waals surface area contributed by atoms with Crippen molar-refractivity contribution >= 4 is 5.91 Å². The summed E-state index contributed by atoms with van der Waals surface area (Å²) in [6.45, 7) is 6.97. The van der Waals surface area contributed by atoms with Gasteiger partial charge >= 0.3 is 0 Å². The van der Waals surface area contributed by atoms with Crippen LogP contribution in [0.15, 0.2) is 73.1 Å². The van der Waals surface area contributed by atoms with Crippen molar-refractivity contribution in [3.8, 4) is 5.75 Å². The Morgan fingerprint density at radius 2 is 1.72 bits per heavy atom. The van der Waals surface area contributed by atoms with Gasteiger partial charge in [0.1, 0.15) is 5.75 Å². The first-order chi connectivity index (χ1) is 14.0. The molecule has 0 saturated heterocycles. The van der Waals surface area contributed by atoms with E-state index in [9.17, 15) is 4.79 Å². The van der Waals surface area contributed by atoms with Gasteiger partial charge in [0, 0.05) is 25.5 Å². The minimum Gasteiger partial charge on any atom is -0.481 e. The maximum atomic E-state index is 13.2. The Morgan fingerprint density at radius 3 is 2.38 bits per heavy atom. The minimum absolute atomic E-state index is 0.0464. The number of benzene rings is 2. The molecule has 29 heavy (non-hydrogen) atoms. The summed E-state index contributed by atoms with van der Waals surface area (Å²) in [5.74, 6) is 0.661. The van der Waals surface area contributed by atoms with E-state index in [-0.39, 0.29) is 5.91 Å². The molecule has 0 aliphatic carbocycles. The second-order valence-electron chi connectivity index (χ2n) is 7.30. The molecular formula is C25H28N2O2. The van der Waals surface area contributed by atoms with E-state index in [0.717, 1.165) is 23.1 Å². The summed E-state index contributed by atoms with van der Waals surface area (Å²) in [6, 6.07) is 20.1. The van der Waals surface area contributed by atoms with Crippen molar-refractivity contribution in [3.05, 3.63) is 95.3 Å². The Labute approximate surface area is 173 Å². The summed E-state index contributed by atoms with van der Waals surface area (Å²) in [6.07, 6.45) is 3.96. The van der Waals surface area contributed by atoms with Crippen LogP contribution in [-0.4, -0.2) is 21.9 Å². The summed E-state index contributed by atoms with van der Waals surface area (Å²) >= 11 is 0. The van der Waals surface area contributed by atoms with Crippen LogP contribution in [0.4, 0.5) is 0 Å². The predicted octanol–water partition coefficient (Wildman–Crippen LogP) is 4.95. The zero-order valence-corrected chi connectivity index (χ0v) is 17.3. The number of ether oxygens (including phenoxy) is 1. The molecule has 150 valence electrons. The number of hydrogen-bond donors (Lipinski definition) is 0. The van der Waals surface area contributed by atoms with Crippen molar-refractivity contribution in [2.45, 2.75) is 46.4 Å². The zero-order chi connectivity index (χ0) is 20.6. The topological polar surface area (TPSA) is 42.4 Å². The van der Waals surface area contributed by atoms with Crippen molar-refractivity contribution < 1.29 is 9.53 Å². The zero-order valence-electron chi connectivity index (χ0n) is 17.3. The van der Waals surface area contributed by atoms with Gasteiger partial charge < -0.3 is 9.64 Å². The SMILES string of the molecule is CCc1ccc(CN(Cc2cccnc2)C(=O)C(C)Oc2cccc(C)c2)cc1. The van der Waals surface area contributed by atoms with E-state index in [2.05, 4.69) is 36.2 Å². The number of rotatable bonds is 8. The highest BCUT2D eigenvalue weighted by Gasteiger charge is 2.23. The Balaban J connectivity index is 1.77. The molecule has 1 atom stereocenters. The van der Waals surface area contributed by atoms with Crippen LogP contribution < -0.4 is 4.74 Å². The summed E-state index contributed by atoms with van der Waals surface area (Å²) < 4.78 is 5.94. The molecule has 0 bridgehead atoms. The van der Waals surface area contributed by atoms with Crippen molar-refractivity contribution in [2.24, 2.45) is 0 Å². The number of hydrogen-bond acceptors (Lipinski definition) is 3. The van der Waals surface area contributed by atoms with E-state index in [1.807, 2.05) is 48.2 Å². The van der Waals surface area contributed by atoms with Crippen molar-refractivity contribution in [1.29, 1.82) is 0 Å². The normalized spacial score (nSPS) is 11.7. The first kappa shape index (κ1) is 20.6. The smallest absolute Gasteiger partial charge is 0.263 e. The van der Waals surface area contributed by atoms with Gasteiger partial charge in [-0.15, -0.1) is 0 Å². The molecular weight excluding hydrogens is 360 g/mol. The van der Waals surface area contributed by atoms with Gasteiger partial charge in [-0.3, -0.25) is 9.78 Å². The van der Waals surface area contributed by atoms with Gasteiger partial charge in [0.05, 0.1) is 0 Å². The van der Waals surface area contributed by atoms with Gasteiger partial charge in [0.25, 0.3) is 5.91 Å². The third kappa shape index (κ3) is 5.92. The molecule has 0 aliphatic heterocycles. The Hall–Kier alpha value is -3.14. The highest BCUT2D eigenvalue weighted by Crippen LogP contribution is 2.17. The molecule has 1 aromatic heterocycles. The van der Waals surface area contributed by atoms with Crippen molar-refractivity contribution in [2.75, 3.05) is 0 Å². The van der Waals surface area contributed by atoms with Crippen LogP contribution in [0.3, 0.4) is 0 Å². The van der Waals surface area contributed by atoms with Crippen LogP contribution in [0.2, 0.25) is 0 Å². The average molecular weight is 389 g/mol. The molecule has 0 fully saturated rings. The molecule has 0 radical (unpaired) electrons. The lowest BCUT2D eigenvalue weighted by atomic mass is 10.1. The number of aryl methyl sites for hydroxylation is 2. The Bertz CT molecular complexity index is 923. The van der Waals surface area contributed by atoms with Crippen molar-refractivity contribution in [3.63, 3.8) is 0 Å². The molecule has 0 N–H and O–H groups in total. The number of carbonyl (C=O) groups excluding carboxylic acids is 1. The maximum absolute atomic E-state index is 13.2. The molecule has 1 unspecified atom stereocenters. The fourth-order valence-electron chi connectivity index (χ4n) is 3.22. The number of carbonyl (C=O) groups is 1. The summed E-state index contributed by atoms with van der Waals surface area (Å²) in [7, 11) is 0. The van der Waals surface area contributed by atoms with Gasteiger partial charge in [-0.2, -0.15) is 0 Å². The van der Waals surface area contributed by atoms with E-state index in [4.69, 9.17) is 4.74 Å². The first-order valence-electron chi connectivity index (χ1n) is 10.0. The van der Waals surface area contributed by atoms with E-state index in [1.54, 1.807) is 19.3 Å². The Kier molecular flexibility index (Phi) is 7.01. The molecule has 3 aromatic rings. The first-order valence-corrected chi connectivity index (χ1v) is 10.0. The van der Waals surface area contributed by atoms with Crippen LogP contribution in [0, 0.1) is 6.92 Å². The lowest BCUT2D eigenvalue weighted by Crippen LogP contribution is -2.39. The number of nitrogens with zero attached hydrogens (tertiary/aromatic N) is 2. The molecule has 4 nitrogen and oxygen atoms in total. The molecule has 1 amide bonds. The quantitative estimate of drug-likeness (QED) is 0.548. The summed E-state index contributed by atoms with van der Waals surface area (Å²) in [5, 5.41) is 0. The van der Waals surface area contributed by atoms with Crippen LogP contribution in [-0.2, 0) is 24.3 Å². The van der Waals surface area contributed by atoms with Crippen LogP contribution in [0.5, 0.6) is 5.75 Å². The molecule has 4 heteroatoms. The number of pyridine rings is 1. The maximum Gasteiger partial charge on any atom is 0.263 e. The highest BCUT2D eigenvalue weighted by atomic mass is 16.5. The third-order valence-corrected chi connectivity index (χ3v) is 4.86. The second kappa shape index (κ2) is 9.87. The molecule has 0 spiro atoms. The molecule has 0 saturated carbocycles. The highest BCUT2D eigenvalue weighted by molar-refractivity contribution is 5.81. The van der Waals surface area contributed by atoms with Crippen LogP contribution >= 0.6 is 0 Å². The number of amides is 1. The van der Waals surface area contributed by atoms with E-state index in [1.165, 1.54) is 5.56 Å². The fourth-order valence-corrected chi connectivity index (χ4v) is 3.22. The summed E-state index contributed by atoms with van der Waals surface area (Å²) in [5.41, 5.74) is 4.48. The second-order valence-corrected chi connectivity index (χ2v) is 7.30. The van der Waals surface area contributed by atoms with Gasteiger partial charge in [-0.05, 0) is 60.7 Å². The van der Waals surface area contributed by atoms with E-state index in [0.29, 0.717) is 18.8 Å². The third-order valence-electron chi connectivity index (χ3n) is 4.86. The molecule has 2 aromatic carbocycles. The van der Waals surface area contributed by atoms with Gasteiger partial charge in [0.2, 0.25) is 0 Å². The summed E-state index contributed by atoms with van der Waals surface area (Å²) in [4.78, 5) is 19.3. The van der Waals surface area contributed by atoms with Crippen LogP contribution in [0.1, 0.15) is 36.1 Å². The molecule has 0 aliphatic rings. The predicted molar refractivity (Wildman–Crippen MR) is 116 cm³/mol. The minimum atomic E-state index is -0.580. The van der Waals surface area contributed by atoms with E-state index >= 15 is 0 Å². The van der Waals surface area contributed by atoms with Gasteiger partial charge in [0.15, 0.2) is 6.10 Å². The average Bonchev–Trinajstić information content (AvgIpc) is 2.74. The molecule has 3 rings (SSSR count). The monoisotopic (exact) mass is 388 g/mol. The molecule has 1 heterocycles. The largest absolute Gasteiger partial charge is 0.481 e. The van der Waals surface area contributed by atoms with Gasteiger partial charge in [-0.1, -0.05) is 49.4 Å². The van der Waals surface area contributed by atoms with E-state index < -0.39 is 6.10 Å². The fraction of sp³-hybridized carbons (Fsp3) is 0.280. The van der Waals surface area contributed by atoms with Crippen molar-refractivity contribution in [1.82, 2.24) is 9.88 Å². The van der Waals surface area contributed by atoms with Gasteiger partial charge in [-0.25, -0.2) is 0 Å². The standard InChI is InChI=1S/C25H28N2O2/c1-4-21-10-12-22(13-11-21)17-27(18-23-8-6-14-26-16-23)25(28)20(3)29-24-9-5-7-19(2)15-24/h5-16,20H,4,17-18H2,1-3H3. The Morgan fingerprint density at radius 1 is 1.00 bits per heavy atom.